The number of carbonyl (C=O) groups is 1. The second kappa shape index (κ2) is 11.1. The minimum absolute atomic E-state index is 0.130. The molecule has 0 fully saturated rings. The van der Waals surface area contributed by atoms with Crippen LogP contribution in [0.4, 0.5) is 5.69 Å². The molecule has 0 aliphatic carbocycles. The highest BCUT2D eigenvalue weighted by Crippen LogP contribution is 2.34. The van der Waals surface area contributed by atoms with Gasteiger partial charge in [0.2, 0.25) is 0 Å². The maximum Gasteiger partial charge on any atom is 0.262 e. The number of nitrogens with one attached hydrogen (secondary N) is 2. The molecule has 1 amide bonds. The summed E-state index contributed by atoms with van der Waals surface area (Å²) in [6.45, 7) is 5.91. The molecular weight excluding hydrogens is 471 g/mol. The standard InChI is InChI=1S/C21H27IN2O4/c1-14(2)11-23-12-15-9-16(22)21(19(10-15)27-4)28-13-20(25)24-17-7-5-6-8-18(17)26-3/h5-10,14,23H,11-13H2,1-4H3,(H,24,25). The fourth-order valence-corrected chi connectivity index (χ4v) is 3.41. The van der Waals surface area contributed by atoms with Crippen LogP contribution < -0.4 is 24.8 Å². The van der Waals surface area contributed by atoms with Crippen molar-refractivity contribution in [2.75, 3.05) is 32.7 Å². The lowest BCUT2D eigenvalue weighted by Crippen LogP contribution is -2.21. The van der Waals surface area contributed by atoms with Crippen molar-refractivity contribution in [3.63, 3.8) is 0 Å². The molecule has 2 aromatic rings. The first kappa shape index (κ1) is 22.3. The van der Waals surface area contributed by atoms with E-state index in [9.17, 15) is 4.79 Å². The van der Waals surface area contributed by atoms with E-state index < -0.39 is 0 Å². The molecule has 0 bridgehead atoms. The summed E-state index contributed by atoms with van der Waals surface area (Å²) >= 11 is 2.20. The molecule has 0 atom stereocenters. The van der Waals surface area contributed by atoms with E-state index in [1.165, 1.54) is 0 Å². The highest BCUT2D eigenvalue weighted by molar-refractivity contribution is 14.1. The lowest BCUT2D eigenvalue weighted by molar-refractivity contribution is -0.118. The monoisotopic (exact) mass is 498 g/mol. The maximum atomic E-state index is 12.3. The van der Waals surface area contributed by atoms with E-state index in [1.807, 2.05) is 24.3 Å². The average molecular weight is 498 g/mol. The van der Waals surface area contributed by atoms with Gasteiger partial charge in [0.05, 0.1) is 23.5 Å². The fourth-order valence-electron chi connectivity index (χ4n) is 2.59. The highest BCUT2D eigenvalue weighted by atomic mass is 127. The number of amides is 1. The zero-order chi connectivity index (χ0) is 20.5. The van der Waals surface area contributed by atoms with Gasteiger partial charge in [-0.1, -0.05) is 26.0 Å². The van der Waals surface area contributed by atoms with Crippen molar-refractivity contribution in [2.45, 2.75) is 20.4 Å². The largest absolute Gasteiger partial charge is 0.495 e. The minimum atomic E-state index is -0.273. The molecule has 0 saturated carbocycles. The Labute approximate surface area is 180 Å². The molecule has 6 nitrogen and oxygen atoms in total. The summed E-state index contributed by atoms with van der Waals surface area (Å²) in [7, 11) is 3.16. The number of carbonyl (C=O) groups excluding carboxylic acids is 1. The van der Waals surface area contributed by atoms with E-state index in [4.69, 9.17) is 14.2 Å². The second-order valence-electron chi connectivity index (χ2n) is 6.67. The van der Waals surface area contributed by atoms with E-state index in [2.05, 4.69) is 47.1 Å². The maximum absolute atomic E-state index is 12.3. The number of ether oxygens (including phenoxy) is 3. The molecule has 152 valence electrons. The van der Waals surface area contributed by atoms with Crippen molar-refractivity contribution >= 4 is 34.2 Å². The van der Waals surface area contributed by atoms with Gasteiger partial charge in [-0.3, -0.25) is 4.79 Å². The molecule has 0 heterocycles. The van der Waals surface area contributed by atoms with E-state index in [-0.39, 0.29) is 12.5 Å². The third-order valence-corrected chi connectivity index (χ3v) is 4.70. The smallest absolute Gasteiger partial charge is 0.262 e. The van der Waals surface area contributed by atoms with Crippen molar-refractivity contribution in [3.8, 4) is 17.2 Å². The SMILES string of the molecule is COc1ccccc1NC(=O)COc1c(I)cc(CNCC(C)C)cc1OC. The lowest BCUT2D eigenvalue weighted by atomic mass is 10.2. The van der Waals surface area contributed by atoms with Gasteiger partial charge in [0.1, 0.15) is 5.75 Å². The van der Waals surface area contributed by atoms with E-state index in [1.54, 1.807) is 26.4 Å². The van der Waals surface area contributed by atoms with Crippen molar-refractivity contribution in [1.29, 1.82) is 0 Å². The van der Waals surface area contributed by atoms with Gasteiger partial charge >= 0.3 is 0 Å². The number of halogens is 1. The van der Waals surface area contributed by atoms with Crippen LogP contribution in [0.25, 0.3) is 0 Å². The fraction of sp³-hybridized carbons (Fsp3) is 0.381. The Balaban J connectivity index is 2.01. The molecule has 0 unspecified atom stereocenters. The Bertz CT molecular complexity index is 796. The Kier molecular flexibility index (Phi) is 8.85. The van der Waals surface area contributed by atoms with Gasteiger partial charge in [0, 0.05) is 6.54 Å². The third kappa shape index (κ3) is 6.56. The number of hydrogen-bond acceptors (Lipinski definition) is 5. The first-order chi connectivity index (χ1) is 13.4. The summed E-state index contributed by atoms with van der Waals surface area (Å²) in [4.78, 5) is 12.3. The van der Waals surface area contributed by atoms with Gasteiger partial charge in [-0.15, -0.1) is 0 Å². The summed E-state index contributed by atoms with van der Waals surface area (Å²) < 4.78 is 17.4. The molecule has 0 aliphatic rings. The van der Waals surface area contributed by atoms with Crippen molar-refractivity contribution in [1.82, 2.24) is 5.32 Å². The molecule has 0 aromatic heterocycles. The van der Waals surface area contributed by atoms with E-state index >= 15 is 0 Å². The van der Waals surface area contributed by atoms with Crippen molar-refractivity contribution in [3.05, 3.63) is 45.5 Å². The first-order valence-corrected chi connectivity index (χ1v) is 10.1. The third-order valence-electron chi connectivity index (χ3n) is 3.90. The molecule has 7 heteroatoms. The van der Waals surface area contributed by atoms with Crippen LogP contribution in [0.5, 0.6) is 17.2 Å². The zero-order valence-corrected chi connectivity index (χ0v) is 18.8. The minimum Gasteiger partial charge on any atom is -0.495 e. The number of benzene rings is 2. The second-order valence-corrected chi connectivity index (χ2v) is 7.83. The summed E-state index contributed by atoms with van der Waals surface area (Å²) in [6.07, 6.45) is 0. The molecule has 0 aliphatic heterocycles. The zero-order valence-electron chi connectivity index (χ0n) is 16.7. The van der Waals surface area contributed by atoms with E-state index in [0.29, 0.717) is 28.9 Å². The van der Waals surface area contributed by atoms with Gasteiger partial charge in [-0.05, 0) is 64.9 Å². The summed E-state index contributed by atoms with van der Waals surface area (Å²) in [5.74, 6) is 2.08. The predicted molar refractivity (Wildman–Crippen MR) is 119 cm³/mol. The Hall–Kier alpha value is -2.00. The molecule has 2 aromatic carbocycles. The normalized spacial score (nSPS) is 10.6. The summed E-state index contributed by atoms with van der Waals surface area (Å²) in [5, 5.41) is 6.21. The summed E-state index contributed by atoms with van der Waals surface area (Å²) in [5.41, 5.74) is 1.71. The Morgan fingerprint density at radius 1 is 1.11 bits per heavy atom. The molecule has 0 spiro atoms. The van der Waals surface area contributed by atoms with Gasteiger partial charge in [-0.2, -0.15) is 0 Å². The summed E-state index contributed by atoms with van der Waals surface area (Å²) in [6, 6.07) is 11.2. The number of para-hydroxylation sites is 2. The Morgan fingerprint density at radius 3 is 2.50 bits per heavy atom. The van der Waals surface area contributed by atoms with Crippen LogP contribution in [-0.2, 0) is 11.3 Å². The molecular formula is C21H27IN2O4. The van der Waals surface area contributed by atoms with Gasteiger partial charge in [0.25, 0.3) is 5.91 Å². The quantitative estimate of drug-likeness (QED) is 0.484. The number of rotatable bonds is 10. The topological polar surface area (TPSA) is 68.8 Å². The van der Waals surface area contributed by atoms with Crippen molar-refractivity contribution in [2.24, 2.45) is 5.92 Å². The van der Waals surface area contributed by atoms with Crippen LogP contribution in [-0.4, -0.2) is 33.3 Å². The highest BCUT2D eigenvalue weighted by Gasteiger charge is 2.14. The van der Waals surface area contributed by atoms with Gasteiger partial charge in [0.15, 0.2) is 18.1 Å². The van der Waals surface area contributed by atoms with E-state index in [0.717, 1.165) is 22.2 Å². The van der Waals surface area contributed by atoms with Gasteiger partial charge < -0.3 is 24.8 Å². The molecule has 0 radical (unpaired) electrons. The van der Waals surface area contributed by atoms with Crippen LogP contribution in [0.3, 0.4) is 0 Å². The molecule has 2 rings (SSSR count). The molecule has 28 heavy (non-hydrogen) atoms. The first-order valence-electron chi connectivity index (χ1n) is 9.07. The van der Waals surface area contributed by atoms with Crippen LogP contribution in [0.1, 0.15) is 19.4 Å². The lowest BCUT2D eigenvalue weighted by Gasteiger charge is -2.15. The predicted octanol–water partition coefficient (Wildman–Crippen LogP) is 4.07. The molecule has 2 N–H and O–H groups in total. The van der Waals surface area contributed by atoms with Crippen LogP contribution in [0.2, 0.25) is 0 Å². The average Bonchev–Trinajstić information content (AvgIpc) is 2.66. The number of anilines is 1. The number of methoxy groups -OCH3 is 2. The van der Waals surface area contributed by atoms with Crippen LogP contribution in [0.15, 0.2) is 36.4 Å². The van der Waals surface area contributed by atoms with Gasteiger partial charge in [-0.25, -0.2) is 0 Å². The number of hydrogen-bond donors (Lipinski definition) is 2. The van der Waals surface area contributed by atoms with Crippen molar-refractivity contribution < 1.29 is 19.0 Å². The van der Waals surface area contributed by atoms with Crippen LogP contribution in [0, 0.1) is 9.49 Å². The Morgan fingerprint density at radius 2 is 1.82 bits per heavy atom. The van der Waals surface area contributed by atoms with Crippen LogP contribution >= 0.6 is 22.6 Å². The molecule has 0 saturated heterocycles.